The molecule has 0 atom stereocenters. The molecule has 1 nitrogen and oxygen atoms in total. The molecule has 0 unspecified atom stereocenters. The fourth-order valence-corrected chi connectivity index (χ4v) is 1.41. The van der Waals surface area contributed by atoms with Gasteiger partial charge in [-0.25, -0.2) is 13.8 Å². The van der Waals surface area contributed by atoms with Crippen LogP contribution in [0.25, 0.3) is 0 Å². The van der Waals surface area contributed by atoms with Gasteiger partial charge in [0.05, 0.1) is 4.47 Å². The van der Waals surface area contributed by atoms with Crippen molar-refractivity contribution in [1.29, 1.82) is 0 Å². The molecular weight excluding hydrogens is 285 g/mol. The molecule has 1 rings (SSSR count). The van der Waals surface area contributed by atoms with Crippen LogP contribution in [0.3, 0.4) is 0 Å². The molecule has 0 aliphatic rings. The van der Waals surface area contributed by atoms with Crippen LogP contribution in [0.1, 0.15) is 23.4 Å². The van der Waals surface area contributed by atoms with Gasteiger partial charge in [-0.2, -0.15) is 13.2 Å². The zero-order chi connectivity index (χ0) is 11.8. The van der Waals surface area contributed by atoms with E-state index in [0.717, 1.165) is 6.07 Å². The van der Waals surface area contributed by atoms with Gasteiger partial charge in [0.1, 0.15) is 5.69 Å². The van der Waals surface area contributed by atoms with Gasteiger partial charge in [-0.3, -0.25) is 0 Å². The molecule has 0 saturated carbocycles. The monoisotopic (exact) mass is 289 g/mol. The van der Waals surface area contributed by atoms with Crippen LogP contribution in [0, 0.1) is 6.92 Å². The van der Waals surface area contributed by atoms with Crippen molar-refractivity contribution in [2.75, 3.05) is 0 Å². The van der Waals surface area contributed by atoms with Gasteiger partial charge in [0.25, 0.3) is 6.43 Å². The van der Waals surface area contributed by atoms with E-state index in [4.69, 9.17) is 0 Å². The molecule has 1 heterocycles. The third kappa shape index (κ3) is 2.64. The molecule has 0 N–H and O–H groups in total. The summed E-state index contributed by atoms with van der Waals surface area (Å²) >= 11 is 2.67. The number of pyridine rings is 1. The van der Waals surface area contributed by atoms with Gasteiger partial charge in [-0.15, -0.1) is 0 Å². The van der Waals surface area contributed by atoms with E-state index in [1.807, 2.05) is 0 Å². The maximum Gasteiger partial charge on any atom is 0.434 e. The fraction of sp³-hybridized carbons (Fsp3) is 0.375. The molecule has 0 aliphatic carbocycles. The Kier molecular flexibility index (Phi) is 3.32. The third-order valence-electron chi connectivity index (χ3n) is 1.65. The molecule has 1 aromatic heterocycles. The Bertz CT molecular complexity index is 374. The van der Waals surface area contributed by atoms with Crippen molar-refractivity contribution in [3.05, 3.63) is 27.5 Å². The Morgan fingerprint density at radius 3 is 2.27 bits per heavy atom. The highest BCUT2D eigenvalue weighted by molar-refractivity contribution is 9.10. The zero-order valence-corrected chi connectivity index (χ0v) is 8.96. The van der Waals surface area contributed by atoms with E-state index in [1.54, 1.807) is 0 Å². The lowest BCUT2D eigenvalue weighted by Crippen LogP contribution is -2.12. The predicted octanol–water partition coefficient (Wildman–Crippen LogP) is 4.11. The Morgan fingerprint density at radius 1 is 1.33 bits per heavy atom. The van der Waals surface area contributed by atoms with Gasteiger partial charge in [-0.05, 0) is 34.5 Å². The molecule has 7 heteroatoms. The highest BCUT2D eigenvalue weighted by atomic mass is 79.9. The van der Waals surface area contributed by atoms with Crippen LogP contribution < -0.4 is 0 Å². The summed E-state index contributed by atoms with van der Waals surface area (Å²) in [5.74, 6) is 0. The van der Waals surface area contributed by atoms with Crippen LogP contribution in [0.5, 0.6) is 0 Å². The van der Waals surface area contributed by atoms with E-state index in [0.29, 0.717) is 0 Å². The lowest BCUT2D eigenvalue weighted by Gasteiger charge is -2.11. The molecule has 84 valence electrons. The molecule has 0 aromatic carbocycles. The van der Waals surface area contributed by atoms with Gasteiger partial charge in [0.15, 0.2) is 5.69 Å². The minimum Gasteiger partial charge on any atom is -0.241 e. The van der Waals surface area contributed by atoms with E-state index in [9.17, 15) is 22.0 Å². The number of alkyl halides is 5. The van der Waals surface area contributed by atoms with Crippen molar-refractivity contribution < 1.29 is 22.0 Å². The normalized spacial score (nSPS) is 12.3. The van der Waals surface area contributed by atoms with Gasteiger partial charge in [0, 0.05) is 0 Å². The maximum absolute atomic E-state index is 12.3. The topological polar surface area (TPSA) is 12.9 Å². The van der Waals surface area contributed by atoms with Crippen molar-refractivity contribution in [3.8, 4) is 0 Å². The first-order chi connectivity index (χ1) is 6.73. The van der Waals surface area contributed by atoms with Crippen LogP contribution in [0.4, 0.5) is 22.0 Å². The SMILES string of the molecule is Cc1cc(C(F)F)nc(C(F)(F)F)c1Br. The minimum absolute atomic E-state index is 0.0765. The molecular formula is C8H5BrF5N. The molecule has 15 heavy (non-hydrogen) atoms. The van der Waals surface area contributed by atoms with E-state index in [-0.39, 0.29) is 10.0 Å². The molecule has 0 amide bonds. The highest BCUT2D eigenvalue weighted by Gasteiger charge is 2.36. The van der Waals surface area contributed by atoms with Crippen LogP contribution in [-0.4, -0.2) is 4.98 Å². The molecule has 0 saturated heterocycles. The average Bonchev–Trinajstić information content (AvgIpc) is 2.06. The van der Waals surface area contributed by atoms with Crippen LogP contribution in [-0.2, 0) is 6.18 Å². The standard InChI is InChI=1S/C8H5BrF5N/c1-3-2-4(7(10)11)15-6(5(3)9)8(12,13)14/h2,7H,1H3. The minimum atomic E-state index is -4.74. The second-order valence-electron chi connectivity index (χ2n) is 2.83. The first kappa shape index (κ1) is 12.4. The molecule has 1 aromatic rings. The Balaban J connectivity index is 3.38. The summed E-state index contributed by atoms with van der Waals surface area (Å²) in [6.45, 7) is 1.30. The Labute approximate surface area is 90.4 Å². The van der Waals surface area contributed by atoms with E-state index < -0.39 is 24.0 Å². The van der Waals surface area contributed by atoms with Crippen LogP contribution in [0.15, 0.2) is 10.5 Å². The summed E-state index contributed by atoms with van der Waals surface area (Å²) in [5.41, 5.74) is -2.12. The third-order valence-corrected chi connectivity index (χ3v) is 2.65. The number of nitrogens with zero attached hydrogens (tertiary/aromatic N) is 1. The van der Waals surface area contributed by atoms with Crippen LogP contribution in [0.2, 0.25) is 0 Å². The van der Waals surface area contributed by atoms with Crippen molar-refractivity contribution >= 4 is 15.9 Å². The fourth-order valence-electron chi connectivity index (χ4n) is 0.982. The van der Waals surface area contributed by atoms with E-state index in [2.05, 4.69) is 20.9 Å². The molecule has 0 spiro atoms. The second kappa shape index (κ2) is 4.03. The number of hydrogen-bond acceptors (Lipinski definition) is 1. The van der Waals surface area contributed by atoms with Crippen molar-refractivity contribution in [1.82, 2.24) is 4.98 Å². The van der Waals surface area contributed by atoms with Crippen molar-refractivity contribution in [3.63, 3.8) is 0 Å². The smallest absolute Gasteiger partial charge is 0.241 e. The largest absolute Gasteiger partial charge is 0.434 e. The Morgan fingerprint density at radius 2 is 1.87 bits per heavy atom. The van der Waals surface area contributed by atoms with Gasteiger partial charge in [-0.1, -0.05) is 0 Å². The maximum atomic E-state index is 12.3. The number of aryl methyl sites for hydroxylation is 1. The molecule has 0 radical (unpaired) electrons. The van der Waals surface area contributed by atoms with Crippen molar-refractivity contribution in [2.24, 2.45) is 0 Å². The lowest BCUT2D eigenvalue weighted by molar-refractivity contribution is -0.142. The molecule has 0 bridgehead atoms. The van der Waals surface area contributed by atoms with Crippen LogP contribution >= 0.6 is 15.9 Å². The lowest BCUT2D eigenvalue weighted by atomic mass is 10.2. The average molecular weight is 290 g/mol. The summed E-state index contributed by atoms with van der Waals surface area (Å²) in [6.07, 6.45) is -7.76. The summed E-state index contributed by atoms with van der Waals surface area (Å²) in [7, 11) is 0. The predicted molar refractivity (Wildman–Crippen MR) is 46.6 cm³/mol. The quantitative estimate of drug-likeness (QED) is 0.709. The van der Waals surface area contributed by atoms with Gasteiger partial charge < -0.3 is 0 Å². The number of hydrogen-bond donors (Lipinski definition) is 0. The summed E-state index contributed by atoms with van der Waals surface area (Å²) < 4.78 is 61.1. The van der Waals surface area contributed by atoms with E-state index >= 15 is 0 Å². The summed E-state index contributed by atoms with van der Waals surface area (Å²) in [5, 5.41) is 0. The zero-order valence-electron chi connectivity index (χ0n) is 7.37. The number of halogens is 6. The number of aromatic nitrogens is 1. The second-order valence-corrected chi connectivity index (χ2v) is 3.62. The molecule has 0 aliphatic heterocycles. The number of rotatable bonds is 1. The summed E-state index contributed by atoms with van der Waals surface area (Å²) in [6, 6.07) is 0.921. The van der Waals surface area contributed by atoms with Crippen molar-refractivity contribution in [2.45, 2.75) is 19.5 Å². The Hall–Kier alpha value is -0.720. The first-order valence-corrected chi connectivity index (χ1v) is 4.55. The highest BCUT2D eigenvalue weighted by Crippen LogP contribution is 2.36. The molecule has 0 fully saturated rings. The van der Waals surface area contributed by atoms with Gasteiger partial charge in [0.2, 0.25) is 0 Å². The summed E-state index contributed by atoms with van der Waals surface area (Å²) in [4.78, 5) is 2.88. The van der Waals surface area contributed by atoms with E-state index in [1.165, 1.54) is 6.92 Å². The van der Waals surface area contributed by atoms with Gasteiger partial charge >= 0.3 is 6.18 Å². The first-order valence-electron chi connectivity index (χ1n) is 3.76.